The molecule has 0 atom stereocenters. The number of hydrogen-bond donors (Lipinski definition) is 0. The van der Waals surface area contributed by atoms with Crippen molar-refractivity contribution >= 4 is 45.4 Å². The van der Waals surface area contributed by atoms with Gasteiger partial charge in [0.15, 0.2) is 10.7 Å². The Hall–Kier alpha value is -2.51. The number of nitrogens with zero attached hydrogens (tertiary/aromatic N) is 3. The van der Waals surface area contributed by atoms with Gasteiger partial charge in [0.05, 0.1) is 16.4 Å². The topological polar surface area (TPSA) is 70.0 Å². The fraction of sp³-hybridized carbons (Fsp3) is 0.250. The van der Waals surface area contributed by atoms with Crippen LogP contribution in [0.25, 0.3) is 22.0 Å². The molecule has 0 radical (unpaired) electrons. The van der Waals surface area contributed by atoms with Crippen molar-refractivity contribution in [2.24, 2.45) is 0 Å². The van der Waals surface area contributed by atoms with Crippen LogP contribution in [0.2, 0.25) is 5.02 Å². The molecule has 0 bridgehead atoms. The zero-order chi connectivity index (χ0) is 19.7. The van der Waals surface area contributed by atoms with Crippen molar-refractivity contribution in [3.05, 3.63) is 68.4 Å². The van der Waals surface area contributed by atoms with Gasteiger partial charge in [-0.2, -0.15) is 0 Å². The maximum atomic E-state index is 12.9. The van der Waals surface area contributed by atoms with E-state index in [0.717, 1.165) is 11.9 Å². The van der Waals surface area contributed by atoms with Crippen LogP contribution in [0.1, 0.15) is 13.3 Å². The van der Waals surface area contributed by atoms with Gasteiger partial charge in [0.25, 0.3) is 5.56 Å². The summed E-state index contributed by atoms with van der Waals surface area (Å²) < 4.78 is 8.56. The van der Waals surface area contributed by atoms with E-state index in [2.05, 4.69) is 4.98 Å². The zero-order valence-corrected chi connectivity index (χ0v) is 16.8. The van der Waals surface area contributed by atoms with E-state index < -0.39 is 0 Å². The van der Waals surface area contributed by atoms with Crippen LogP contribution in [0, 0.1) is 0 Å². The highest BCUT2D eigenvalue weighted by Crippen LogP contribution is 2.21. The summed E-state index contributed by atoms with van der Waals surface area (Å²) in [5.74, 6) is 0.192. The predicted octanol–water partition coefficient (Wildman–Crippen LogP) is 4.16. The quantitative estimate of drug-likeness (QED) is 0.349. The number of aryl methyl sites for hydroxylation is 1. The largest absolute Gasteiger partial charge is 0.419 e. The van der Waals surface area contributed by atoms with E-state index >= 15 is 0 Å². The average Bonchev–Trinajstić information content (AvgIpc) is 3.00. The van der Waals surface area contributed by atoms with E-state index in [4.69, 9.17) is 16.0 Å². The van der Waals surface area contributed by atoms with Crippen LogP contribution in [0.3, 0.4) is 0 Å². The molecule has 0 spiro atoms. The minimum Gasteiger partial charge on any atom is -0.408 e. The van der Waals surface area contributed by atoms with Crippen LogP contribution in [0.5, 0.6) is 0 Å². The van der Waals surface area contributed by atoms with Crippen LogP contribution >= 0.6 is 23.4 Å². The number of thioether (sulfide) groups is 1. The number of rotatable bonds is 6. The fourth-order valence-electron chi connectivity index (χ4n) is 3.16. The Morgan fingerprint density at radius 1 is 1.11 bits per heavy atom. The molecule has 0 N–H and O–H groups in total. The predicted molar refractivity (Wildman–Crippen MR) is 113 cm³/mol. The van der Waals surface area contributed by atoms with Crippen molar-refractivity contribution in [1.29, 1.82) is 0 Å². The molecule has 0 aliphatic rings. The molecular weight excluding hydrogens is 398 g/mol. The molecule has 0 aliphatic heterocycles. The summed E-state index contributed by atoms with van der Waals surface area (Å²) in [4.78, 5) is 29.6. The average molecular weight is 416 g/mol. The number of halogens is 1. The van der Waals surface area contributed by atoms with Crippen molar-refractivity contribution in [3.63, 3.8) is 0 Å². The van der Waals surface area contributed by atoms with Crippen LogP contribution in [-0.2, 0) is 13.1 Å². The lowest BCUT2D eigenvalue weighted by Crippen LogP contribution is -2.23. The summed E-state index contributed by atoms with van der Waals surface area (Å²) in [5.41, 5.74) is 1.84. The summed E-state index contributed by atoms with van der Waals surface area (Å²) in [6.45, 7) is 3.06. The number of fused-ring (bicyclic) bond motifs is 2. The van der Waals surface area contributed by atoms with Crippen LogP contribution in [0.15, 0.2) is 61.6 Å². The Morgan fingerprint density at radius 3 is 2.75 bits per heavy atom. The summed E-state index contributed by atoms with van der Waals surface area (Å²) in [6.07, 6.45) is 0.820. The molecule has 8 heteroatoms. The van der Waals surface area contributed by atoms with Crippen molar-refractivity contribution in [2.45, 2.75) is 31.6 Å². The molecule has 6 nitrogen and oxygen atoms in total. The van der Waals surface area contributed by atoms with E-state index in [1.54, 1.807) is 33.4 Å². The smallest absolute Gasteiger partial charge is 0.408 e. The molecule has 2 heterocycles. The van der Waals surface area contributed by atoms with Crippen molar-refractivity contribution in [3.8, 4) is 0 Å². The molecule has 4 aromatic rings. The number of para-hydroxylation sites is 2. The lowest BCUT2D eigenvalue weighted by atomic mass is 10.2. The van der Waals surface area contributed by atoms with E-state index in [1.807, 2.05) is 25.1 Å². The lowest BCUT2D eigenvalue weighted by Gasteiger charge is -2.12. The van der Waals surface area contributed by atoms with E-state index in [-0.39, 0.29) is 11.3 Å². The minimum atomic E-state index is -0.383. The van der Waals surface area contributed by atoms with Gasteiger partial charge in [-0.05, 0) is 36.8 Å². The van der Waals surface area contributed by atoms with Crippen molar-refractivity contribution in [2.75, 3.05) is 5.75 Å². The second-order valence-electron chi connectivity index (χ2n) is 6.35. The van der Waals surface area contributed by atoms with Gasteiger partial charge in [-0.1, -0.05) is 42.4 Å². The van der Waals surface area contributed by atoms with E-state index in [0.29, 0.717) is 45.5 Å². The maximum Gasteiger partial charge on any atom is 0.419 e. The first kappa shape index (κ1) is 18.8. The number of hydrogen-bond acceptors (Lipinski definition) is 5. The Balaban J connectivity index is 1.65. The highest BCUT2D eigenvalue weighted by Gasteiger charge is 2.13. The summed E-state index contributed by atoms with van der Waals surface area (Å²) in [6, 6.07) is 12.4. The molecule has 0 saturated heterocycles. The first-order valence-corrected chi connectivity index (χ1v) is 10.4. The van der Waals surface area contributed by atoms with Crippen LogP contribution in [0.4, 0.5) is 0 Å². The molecular formula is C20H18ClN3O3S. The second kappa shape index (κ2) is 7.85. The minimum absolute atomic E-state index is 0.0723. The summed E-state index contributed by atoms with van der Waals surface area (Å²) >= 11 is 7.51. The zero-order valence-electron chi connectivity index (χ0n) is 15.2. The lowest BCUT2D eigenvalue weighted by molar-refractivity contribution is 0.514. The van der Waals surface area contributed by atoms with Crippen molar-refractivity contribution in [1.82, 2.24) is 14.1 Å². The van der Waals surface area contributed by atoms with Gasteiger partial charge in [0.1, 0.15) is 0 Å². The molecule has 0 aliphatic carbocycles. The number of benzene rings is 2. The fourth-order valence-corrected chi connectivity index (χ4v) is 4.27. The number of aromatic nitrogens is 3. The normalized spacial score (nSPS) is 11.5. The molecule has 28 heavy (non-hydrogen) atoms. The molecule has 0 amide bonds. The van der Waals surface area contributed by atoms with Crippen molar-refractivity contribution < 1.29 is 4.42 Å². The first-order chi connectivity index (χ1) is 13.6. The molecule has 2 aromatic heterocycles. The van der Waals surface area contributed by atoms with Gasteiger partial charge in [0, 0.05) is 23.9 Å². The molecule has 4 rings (SSSR count). The Labute approximate surface area is 169 Å². The number of oxazole rings is 1. The Bertz CT molecular complexity index is 1280. The molecule has 0 fully saturated rings. The SMILES string of the molecule is CCCn1c(SCCn2c(=O)oc3ccccc32)nc2cc(Cl)ccc2c1=O. The van der Waals surface area contributed by atoms with Crippen LogP contribution < -0.4 is 11.3 Å². The van der Waals surface area contributed by atoms with Gasteiger partial charge in [-0.3, -0.25) is 13.9 Å². The van der Waals surface area contributed by atoms with Crippen LogP contribution in [-0.4, -0.2) is 19.9 Å². The molecule has 0 unspecified atom stereocenters. The first-order valence-electron chi connectivity index (χ1n) is 8.99. The van der Waals surface area contributed by atoms with Gasteiger partial charge >= 0.3 is 5.76 Å². The highest BCUT2D eigenvalue weighted by atomic mass is 35.5. The monoisotopic (exact) mass is 415 g/mol. The van der Waals surface area contributed by atoms with E-state index in [9.17, 15) is 9.59 Å². The van der Waals surface area contributed by atoms with Gasteiger partial charge in [0.2, 0.25) is 0 Å². The molecule has 144 valence electrons. The summed E-state index contributed by atoms with van der Waals surface area (Å²) in [7, 11) is 0. The van der Waals surface area contributed by atoms with Gasteiger partial charge in [-0.25, -0.2) is 9.78 Å². The van der Waals surface area contributed by atoms with Gasteiger partial charge < -0.3 is 4.42 Å². The Kier molecular flexibility index (Phi) is 5.28. The summed E-state index contributed by atoms with van der Waals surface area (Å²) in [5, 5.41) is 1.72. The Morgan fingerprint density at radius 2 is 1.93 bits per heavy atom. The third-order valence-electron chi connectivity index (χ3n) is 4.45. The maximum absolute atomic E-state index is 12.9. The van der Waals surface area contributed by atoms with Gasteiger partial charge in [-0.15, -0.1) is 0 Å². The highest BCUT2D eigenvalue weighted by molar-refractivity contribution is 7.99. The molecule has 2 aromatic carbocycles. The second-order valence-corrected chi connectivity index (χ2v) is 7.85. The standard InChI is InChI=1S/C20H18ClN3O3S/c1-2-9-24-18(25)14-8-7-13(21)12-15(14)22-19(24)28-11-10-23-16-5-3-4-6-17(16)27-20(23)26/h3-8,12H,2,9-11H2,1H3. The van der Waals surface area contributed by atoms with E-state index in [1.165, 1.54) is 11.8 Å². The third-order valence-corrected chi connectivity index (χ3v) is 5.64. The third kappa shape index (κ3) is 3.47. The molecule has 0 saturated carbocycles.